The van der Waals surface area contributed by atoms with E-state index in [0.717, 1.165) is 11.1 Å². The van der Waals surface area contributed by atoms with Crippen molar-refractivity contribution in [3.05, 3.63) is 103 Å². The molecule has 0 saturated carbocycles. The molecule has 0 spiro atoms. The van der Waals surface area contributed by atoms with E-state index in [-0.39, 0.29) is 62.2 Å². The van der Waals surface area contributed by atoms with Crippen LogP contribution in [0.3, 0.4) is 0 Å². The summed E-state index contributed by atoms with van der Waals surface area (Å²) in [6.45, 7) is 20.9. The first-order valence-electron chi connectivity index (χ1n) is 26.0. The molecule has 22 heteroatoms. The third-order valence-electron chi connectivity index (χ3n) is 12.4. The van der Waals surface area contributed by atoms with Crippen LogP contribution in [0.2, 0.25) is 0 Å². The Morgan fingerprint density at radius 1 is 0.756 bits per heavy atom. The number of amides is 5. The minimum absolute atomic E-state index is 0.0200. The van der Waals surface area contributed by atoms with E-state index in [1.165, 1.54) is 16.9 Å². The average Bonchev–Trinajstić information content (AvgIpc) is 3.49. The van der Waals surface area contributed by atoms with Gasteiger partial charge in [-0.25, -0.2) is 14.4 Å². The number of esters is 1. The molecule has 5 aliphatic rings. The molecule has 430 valence electrons. The first kappa shape index (κ1) is 62.7. The van der Waals surface area contributed by atoms with E-state index in [1.54, 1.807) is 19.9 Å². The Balaban J connectivity index is 0.000000239. The molecule has 2 aromatic carbocycles. The highest BCUT2D eigenvalue weighted by molar-refractivity contribution is 5.90. The van der Waals surface area contributed by atoms with Crippen molar-refractivity contribution < 1.29 is 76.5 Å². The molecule has 0 radical (unpaired) electrons. The Morgan fingerprint density at radius 3 is 1.76 bits per heavy atom. The largest absolute Gasteiger partial charge is 0.454 e. The van der Waals surface area contributed by atoms with Crippen molar-refractivity contribution in [2.45, 2.75) is 155 Å². The van der Waals surface area contributed by atoms with Crippen molar-refractivity contribution in [2.75, 3.05) is 46.4 Å². The van der Waals surface area contributed by atoms with Crippen LogP contribution in [-0.2, 0) is 75.0 Å². The number of fused-ring (bicyclic) bond motifs is 1. The normalized spacial score (nSPS) is 27.4. The second-order valence-corrected chi connectivity index (χ2v) is 22.4. The minimum Gasteiger partial charge on any atom is -0.454 e. The maximum Gasteiger partial charge on any atom is 0.410 e. The van der Waals surface area contributed by atoms with Gasteiger partial charge in [-0.1, -0.05) is 127 Å². The molecule has 0 aliphatic carbocycles. The topological polar surface area (TPSA) is 274 Å². The number of methoxy groups -OCH3 is 1. The van der Waals surface area contributed by atoms with Gasteiger partial charge in [0.1, 0.15) is 55.8 Å². The number of carbonyl (C=O) groups is 6. The lowest BCUT2D eigenvalue weighted by atomic mass is 9.93. The van der Waals surface area contributed by atoms with Crippen molar-refractivity contribution in [3.8, 4) is 0 Å². The van der Waals surface area contributed by atoms with Gasteiger partial charge in [-0.15, -0.1) is 0 Å². The van der Waals surface area contributed by atoms with Crippen molar-refractivity contribution in [3.63, 3.8) is 0 Å². The summed E-state index contributed by atoms with van der Waals surface area (Å²) < 4.78 is 49.8. The van der Waals surface area contributed by atoms with Crippen LogP contribution in [0.5, 0.6) is 0 Å². The molecule has 6 N–H and O–H groups in total. The van der Waals surface area contributed by atoms with Crippen LogP contribution in [0.1, 0.15) is 80.4 Å². The number of benzene rings is 2. The monoisotopic (exact) mass is 1090 g/mol. The number of nitrogens with zero attached hydrogens (tertiary/aromatic N) is 2. The third-order valence-corrected chi connectivity index (χ3v) is 12.4. The predicted molar refractivity (Wildman–Crippen MR) is 284 cm³/mol. The number of hydrogen-bond donors (Lipinski definition) is 5. The van der Waals surface area contributed by atoms with Crippen LogP contribution >= 0.6 is 0 Å². The second kappa shape index (κ2) is 27.7. The lowest BCUT2D eigenvalue weighted by Gasteiger charge is -2.45. The van der Waals surface area contributed by atoms with Gasteiger partial charge in [0.05, 0.1) is 6.54 Å². The van der Waals surface area contributed by atoms with Gasteiger partial charge in [-0.2, -0.15) is 4.74 Å². The van der Waals surface area contributed by atoms with E-state index in [0.29, 0.717) is 13.1 Å². The fourth-order valence-corrected chi connectivity index (χ4v) is 8.59. The summed E-state index contributed by atoms with van der Waals surface area (Å²) >= 11 is 0. The summed E-state index contributed by atoms with van der Waals surface area (Å²) in [6, 6.07) is 16.9. The Morgan fingerprint density at radius 2 is 1.24 bits per heavy atom. The molecule has 0 aromatic heterocycles. The molecular weight excluding hydrogens is 1010 g/mol. The minimum atomic E-state index is -1.26. The van der Waals surface area contributed by atoms with Crippen LogP contribution in [0.25, 0.3) is 0 Å². The van der Waals surface area contributed by atoms with E-state index >= 15 is 0 Å². The predicted octanol–water partition coefficient (Wildman–Crippen LogP) is 4.03. The highest BCUT2D eigenvalue weighted by Gasteiger charge is 2.57. The third kappa shape index (κ3) is 19.1. The molecule has 5 amide bonds. The maximum absolute atomic E-state index is 13.4. The highest BCUT2D eigenvalue weighted by atomic mass is 16.8. The van der Waals surface area contributed by atoms with Gasteiger partial charge in [0, 0.05) is 39.8 Å². The van der Waals surface area contributed by atoms with Crippen molar-refractivity contribution in [2.24, 2.45) is 16.6 Å². The zero-order valence-corrected chi connectivity index (χ0v) is 46.8. The number of ether oxygens (including phenoxy) is 9. The number of allylic oxidation sites excluding steroid dienone is 2. The zero-order chi connectivity index (χ0) is 57.6. The zero-order valence-electron chi connectivity index (χ0n) is 46.8. The summed E-state index contributed by atoms with van der Waals surface area (Å²) in [6.07, 6.45) is 0.124. The van der Waals surface area contributed by atoms with E-state index < -0.39 is 96.4 Å². The summed E-state index contributed by atoms with van der Waals surface area (Å²) in [7, 11) is 4.65. The average molecular weight is 1090 g/mol. The number of aliphatic hydroxyl groups is 1. The number of nitrogens with one attached hydrogen (secondary N) is 3. The Kier molecular flexibility index (Phi) is 22.2. The molecule has 10 atom stereocenters. The van der Waals surface area contributed by atoms with Crippen molar-refractivity contribution >= 4 is 35.9 Å². The molecule has 22 nitrogen and oxygen atoms in total. The summed E-state index contributed by atoms with van der Waals surface area (Å²) in [5.41, 5.74) is 7.27. The number of hydrogen-bond acceptors (Lipinski definition) is 17. The van der Waals surface area contributed by atoms with E-state index in [4.69, 9.17) is 48.4 Å². The first-order valence-corrected chi connectivity index (χ1v) is 26.0. The standard InChI is InChI=1S/C28H41N3O8.C15H23O5.C13H17N3O3/c1-27(2,3)13-12-20-21(32)22(39-28(4,5)38-20)23(36-6)25(34)30-19-16-31(15-14-29-24(19)33)26(35)37-17-18-10-8-7-9-11-18;1-14(2,3)8-7-9-10-11(20-15(4,5)19-9)12(17-6)13(16)18-10;14-11-8-16(7-6-15-12(11)17)13(18)19-9-10-4-2-1-3-5-10/h7-13,19-23,32H,14-17H2,1-6H3,(H,29,33)(H,30,34);7-12H,6H2,1-5H3;1-5,11H,6-9,14H2,(H,15,17)/q;+1;/b13-12+;8-7+;/t19?,20-,21+,22-,23-;9-,10+,11-,12-;/m11./s1. The van der Waals surface area contributed by atoms with Crippen LogP contribution < -0.4 is 21.7 Å². The molecule has 5 fully saturated rings. The van der Waals surface area contributed by atoms with Gasteiger partial charge < -0.3 is 74.5 Å². The van der Waals surface area contributed by atoms with Gasteiger partial charge in [0.2, 0.25) is 25.0 Å². The lowest BCUT2D eigenvalue weighted by molar-refractivity contribution is -0.334. The first-order chi connectivity index (χ1) is 36.6. The number of carbonyl (C=O) groups excluding carboxylic acids is 6. The van der Waals surface area contributed by atoms with E-state index in [2.05, 4.69) is 43.8 Å². The highest BCUT2D eigenvalue weighted by Crippen LogP contribution is 2.37. The molecule has 78 heavy (non-hydrogen) atoms. The number of aliphatic hydroxyl groups excluding tert-OH is 1. The van der Waals surface area contributed by atoms with Crippen LogP contribution in [0.15, 0.2) is 85.0 Å². The second-order valence-electron chi connectivity index (χ2n) is 22.4. The molecular formula is C56H81N6O16+. The van der Waals surface area contributed by atoms with Gasteiger partial charge in [-0.3, -0.25) is 14.4 Å². The number of rotatable bonds is 11. The fourth-order valence-electron chi connectivity index (χ4n) is 8.59. The number of nitrogens with two attached hydrogens (primary N) is 1. The lowest BCUT2D eigenvalue weighted by Crippen LogP contribution is -2.62. The van der Waals surface area contributed by atoms with Crippen LogP contribution in [0.4, 0.5) is 9.59 Å². The SMILES string of the molecule is CO[C@@H](C(=O)NC1CN(C(=O)OCc2ccccc2)CCNC1=O)[C@@H]1OC(C)(C)O[C@H](/C=C/C(C)(C)C)[C@@H]1O.NC1CN(C(=O)OCc2ccccc2)CCNC1=O.[CH2+]O[C@H]1C(=O)O[C@@H]2[C@H]1OC(C)(C)O[C@@H]2/C=C/C(C)(C)C. The van der Waals surface area contributed by atoms with Gasteiger partial charge in [0.15, 0.2) is 23.8 Å². The molecule has 0 bridgehead atoms. The fraction of sp³-hybridized carbons (Fsp3) is 0.589. The maximum atomic E-state index is 13.4. The summed E-state index contributed by atoms with van der Waals surface area (Å²) in [5, 5.41) is 19.1. The molecule has 5 saturated heterocycles. The molecule has 5 heterocycles. The Hall–Kier alpha value is -6.11. The van der Waals surface area contributed by atoms with Gasteiger partial charge >= 0.3 is 18.2 Å². The Bertz CT molecular complexity index is 2370. The van der Waals surface area contributed by atoms with Gasteiger partial charge in [-0.05, 0) is 49.7 Å². The molecule has 2 aromatic rings. The quantitative estimate of drug-likeness (QED) is 0.0920. The molecule has 5 aliphatic heterocycles. The summed E-state index contributed by atoms with van der Waals surface area (Å²) in [4.78, 5) is 76.7. The smallest absolute Gasteiger partial charge is 0.410 e. The van der Waals surface area contributed by atoms with E-state index in [9.17, 15) is 33.9 Å². The Labute approximate surface area is 457 Å². The van der Waals surface area contributed by atoms with Crippen molar-refractivity contribution in [1.82, 2.24) is 25.8 Å². The van der Waals surface area contributed by atoms with E-state index in [1.807, 2.05) is 114 Å². The summed E-state index contributed by atoms with van der Waals surface area (Å²) in [5.74, 6) is -3.73. The van der Waals surface area contributed by atoms with Gasteiger partial charge in [0.25, 0.3) is 5.91 Å². The van der Waals surface area contributed by atoms with Crippen molar-refractivity contribution in [1.29, 1.82) is 0 Å². The van der Waals surface area contributed by atoms with Crippen LogP contribution in [-0.4, -0.2) is 170 Å². The molecule has 2 unspecified atom stereocenters. The molecule has 7 rings (SSSR count). The van der Waals surface area contributed by atoms with Crippen LogP contribution in [0, 0.1) is 17.9 Å².